The van der Waals surface area contributed by atoms with Crippen molar-refractivity contribution in [1.82, 2.24) is 14.9 Å². The van der Waals surface area contributed by atoms with Crippen molar-refractivity contribution >= 4 is 5.91 Å². The number of amides is 1. The second-order valence-electron chi connectivity index (χ2n) is 5.57. The maximum Gasteiger partial charge on any atom is 0.246 e. The molecule has 0 saturated heterocycles. The lowest BCUT2D eigenvalue weighted by Gasteiger charge is -2.24. The molecule has 0 fully saturated rings. The minimum atomic E-state index is -0.146. The number of hydrogen-bond acceptors (Lipinski definition) is 5. The van der Waals surface area contributed by atoms with Crippen molar-refractivity contribution < 1.29 is 19.0 Å². The van der Waals surface area contributed by atoms with Gasteiger partial charge in [-0.1, -0.05) is 12.1 Å². The fraction of sp³-hybridized carbons (Fsp3) is 0.412. The van der Waals surface area contributed by atoms with Crippen LogP contribution in [0.15, 0.2) is 30.5 Å². The normalized spacial score (nSPS) is 16.5. The van der Waals surface area contributed by atoms with Crippen LogP contribution >= 0.6 is 0 Å². The largest absolute Gasteiger partial charge is 0.496 e. The molecule has 0 radical (unpaired) electrons. The van der Waals surface area contributed by atoms with Crippen LogP contribution in [0.2, 0.25) is 0 Å². The van der Waals surface area contributed by atoms with Crippen molar-refractivity contribution in [1.29, 1.82) is 0 Å². The summed E-state index contributed by atoms with van der Waals surface area (Å²) in [7, 11) is 3.14. The lowest BCUT2D eigenvalue weighted by Crippen LogP contribution is -2.39. The van der Waals surface area contributed by atoms with Gasteiger partial charge in [-0.2, -0.15) is 0 Å². The number of carbonyl (C=O) groups excluding carboxylic acids is 1. The third kappa shape index (κ3) is 3.58. The van der Waals surface area contributed by atoms with Gasteiger partial charge in [-0.05, 0) is 12.1 Å². The van der Waals surface area contributed by atoms with Gasteiger partial charge in [-0.3, -0.25) is 4.79 Å². The summed E-state index contributed by atoms with van der Waals surface area (Å²) in [6, 6.07) is 7.79. The molecule has 1 aromatic heterocycles. The van der Waals surface area contributed by atoms with Crippen LogP contribution < -0.4 is 10.1 Å². The Morgan fingerprint density at radius 2 is 2.25 bits per heavy atom. The second kappa shape index (κ2) is 7.46. The van der Waals surface area contributed by atoms with Crippen molar-refractivity contribution in [2.75, 3.05) is 27.4 Å². The third-order valence-electron chi connectivity index (χ3n) is 3.89. The Hall–Kier alpha value is -2.38. The first kappa shape index (κ1) is 16.5. The van der Waals surface area contributed by atoms with Crippen molar-refractivity contribution in [2.24, 2.45) is 0 Å². The Labute approximate surface area is 140 Å². The van der Waals surface area contributed by atoms with E-state index in [1.807, 2.05) is 30.5 Å². The number of imidazole rings is 1. The number of nitrogens with zero attached hydrogens (tertiary/aromatic N) is 2. The standard InChI is InChI=1S/C17H21N3O4/c1-22-11-17(21)18-7-12-8-20-9-14(19-16(20)10-24-12)13-5-3-4-6-15(13)23-2/h3-6,9,12H,7-8,10-11H2,1-2H3,(H,18,21)/t12-/m0/s1. The molecule has 2 aromatic rings. The van der Waals surface area contributed by atoms with E-state index in [4.69, 9.17) is 14.2 Å². The number of benzene rings is 1. The first-order valence-electron chi connectivity index (χ1n) is 7.78. The Kier molecular flexibility index (Phi) is 5.12. The Morgan fingerprint density at radius 3 is 3.04 bits per heavy atom. The van der Waals surface area contributed by atoms with Gasteiger partial charge in [0.05, 0.1) is 25.5 Å². The SMILES string of the molecule is COCC(=O)NC[C@H]1Cn2cc(-c3ccccc3OC)nc2CO1. The van der Waals surface area contributed by atoms with Crippen LogP contribution in [0.4, 0.5) is 0 Å². The van der Waals surface area contributed by atoms with Gasteiger partial charge in [0.15, 0.2) is 0 Å². The van der Waals surface area contributed by atoms with E-state index in [2.05, 4.69) is 14.9 Å². The molecular formula is C17H21N3O4. The summed E-state index contributed by atoms with van der Waals surface area (Å²) >= 11 is 0. The number of ether oxygens (including phenoxy) is 3. The highest BCUT2D eigenvalue weighted by Gasteiger charge is 2.22. The van der Waals surface area contributed by atoms with Gasteiger partial charge in [0, 0.05) is 25.4 Å². The van der Waals surface area contributed by atoms with Gasteiger partial charge in [0.1, 0.15) is 24.8 Å². The zero-order valence-electron chi connectivity index (χ0n) is 13.8. The molecule has 1 aliphatic rings. The summed E-state index contributed by atoms with van der Waals surface area (Å²) in [4.78, 5) is 16.1. The molecule has 1 amide bonds. The molecule has 1 aliphatic heterocycles. The molecular weight excluding hydrogens is 310 g/mol. The fourth-order valence-electron chi connectivity index (χ4n) is 2.71. The predicted molar refractivity (Wildman–Crippen MR) is 87.7 cm³/mol. The van der Waals surface area contributed by atoms with Crippen molar-refractivity contribution in [3.8, 4) is 17.0 Å². The van der Waals surface area contributed by atoms with E-state index in [9.17, 15) is 4.79 Å². The average Bonchev–Trinajstić information content (AvgIpc) is 3.03. The molecule has 1 atom stereocenters. The molecule has 0 unspecified atom stereocenters. The van der Waals surface area contributed by atoms with Gasteiger partial charge in [0.25, 0.3) is 0 Å². The second-order valence-corrected chi connectivity index (χ2v) is 5.57. The van der Waals surface area contributed by atoms with Crippen LogP contribution in [0.3, 0.4) is 0 Å². The number of carbonyl (C=O) groups is 1. The van der Waals surface area contributed by atoms with Gasteiger partial charge in [0.2, 0.25) is 5.91 Å². The molecule has 128 valence electrons. The zero-order chi connectivity index (χ0) is 16.9. The number of methoxy groups -OCH3 is 2. The monoisotopic (exact) mass is 331 g/mol. The molecule has 0 bridgehead atoms. The lowest BCUT2D eigenvalue weighted by atomic mass is 10.1. The molecule has 7 nitrogen and oxygen atoms in total. The summed E-state index contributed by atoms with van der Waals surface area (Å²) in [6.07, 6.45) is 1.91. The highest BCUT2D eigenvalue weighted by atomic mass is 16.5. The number of rotatable bonds is 6. The van der Waals surface area contributed by atoms with Crippen LogP contribution in [0.1, 0.15) is 5.82 Å². The van der Waals surface area contributed by atoms with Crippen LogP contribution in [-0.4, -0.2) is 48.9 Å². The van der Waals surface area contributed by atoms with Crippen LogP contribution in [0.5, 0.6) is 5.75 Å². The molecule has 0 spiro atoms. The smallest absolute Gasteiger partial charge is 0.246 e. The Balaban J connectivity index is 1.70. The Bertz CT molecular complexity index is 714. The van der Waals surface area contributed by atoms with E-state index in [1.54, 1.807) is 7.11 Å². The quantitative estimate of drug-likeness (QED) is 0.861. The van der Waals surface area contributed by atoms with Gasteiger partial charge >= 0.3 is 0 Å². The van der Waals surface area contributed by atoms with Crippen LogP contribution in [-0.2, 0) is 27.4 Å². The third-order valence-corrected chi connectivity index (χ3v) is 3.89. The molecule has 24 heavy (non-hydrogen) atoms. The van der Waals surface area contributed by atoms with E-state index < -0.39 is 0 Å². The minimum Gasteiger partial charge on any atom is -0.496 e. The average molecular weight is 331 g/mol. The summed E-state index contributed by atoms with van der Waals surface area (Å²) < 4.78 is 18.0. The van der Waals surface area contributed by atoms with E-state index >= 15 is 0 Å². The predicted octanol–water partition coefficient (Wildman–Crippen LogP) is 1.22. The molecule has 0 aliphatic carbocycles. The lowest BCUT2D eigenvalue weighted by molar-refractivity contribution is -0.125. The topological polar surface area (TPSA) is 74.6 Å². The fourth-order valence-corrected chi connectivity index (χ4v) is 2.71. The number of aromatic nitrogens is 2. The maximum atomic E-state index is 11.5. The van der Waals surface area contributed by atoms with Gasteiger partial charge in [-0.15, -0.1) is 0 Å². The highest BCUT2D eigenvalue weighted by molar-refractivity contribution is 5.77. The molecule has 7 heteroatoms. The first-order chi connectivity index (χ1) is 11.7. The summed E-state index contributed by atoms with van der Waals surface area (Å²) in [5.74, 6) is 1.51. The zero-order valence-corrected chi connectivity index (χ0v) is 13.8. The van der Waals surface area contributed by atoms with Crippen molar-refractivity contribution in [3.63, 3.8) is 0 Å². The van der Waals surface area contributed by atoms with Gasteiger partial charge < -0.3 is 24.1 Å². The molecule has 1 aromatic carbocycles. The van der Waals surface area contributed by atoms with E-state index in [-0.39, 0.29) is 18.6 Å². The number of nitrogens with one attached hydrogen (secondary N) is 1. The number of hydrogen-bond donors (Lipinski definition) is 1. The highest BCUT2D eigenvalue weighted by Crippen LogP contribution is 2.29. The molecule has 1 N–H and O–H groups in total. The number of fused-ring (bicyclic) bond motifs is 1. The minimum absolute atomic E-state index is 0.0565. The van der Waals surface area contributed by atoms with E-state index in [1.165, 1.54) is 7.11 Å². The molecule has 0 saturated carbocycles. The van der Waals surface area contributed by atoms with Crippen LogP contribution in [0, 0.1) is 0 Å². The Morgan fingerprint density at radius 1 is 1.42 bits per heavy atom. The van der Waals surface area contributed by atoms with Crippen LogP contribution in [0.25, 0.3) is 11.3 Å². The van der Waals surface area contributed by atoms with E-state index in [0.717, 1.165) is 22.8 Å². The molecule has 2 heterocycles. The maximum absolute atomic E-state index is 11.5. The van der Waals surface area contributed by atoms with E-state index in [0.29, 0.717) is 19.7 Å². The van der Waals surface area contributed by atoms with Gasteiger partial charge in [-0.25, -0.2) is 4.98 Å². The summed E-state index contributed by atoms with van der Waals surface area (Å²) in [5.41, 5.74) is 1.81. The summed E-state index contributed by atoms with van der Waals surface area (Å²) in [6.45, 7) is 1.56. The van der Waals surface area contributed by atoms with Crippen molar-refractivity contribution in [3.05, 3.63) is 36.3 Å². The summed E-state index contributed by atoms with van der Waals surface area (Å²) in [5, 5.41) is 2.80. The molecule has 3 rings (SSSR count). The van der Waals surface area contributed by atoms with Crippen molar-refractivity contribution in [2.45, 2.75) is 19.3 Å². The number of para-hydroxylation sites is 1. The first-order valence-corrected chi connectivity index (χ1v) is 7.78.